The Hall–Kier alpha value is -2.21. The molecule has 0 aliphatic carbocycles. The van der Waals surface area contributed by atoms with Gasteiger partial charge in [0.2, 0.25) is 5.88 Å². The molecule has 6 heteroatoms. The second kappa shape index (κ2) is 5.05. The van der Waals surface area contributed by atoms with Crippen molar-refractivity contribution in [2.24, 2.45) is 0 Å². The van der Waals surface area contributed by atoms with Gasteiger partial charge in [0.25, 0.3) is 0 Å². The summed E-state index contributed by atoms with van der Waals surface area (Å²) in [4.78, 5) is 15.4. The Bertz CT molecular complexity index is 801. The summed E-state index contributed by atoms with van der Waals surface area (Å²) in [7, 11) is 0. The molecule has 0 atom stereocenters. The van der Waals surface area contributed by atoms with Crippen LogP contribution in [0.2, 0.25) is 0 Å². The van der Waals surface area contributed by atoms with Gasteiger partial charge in [0.15, 0.2) is 12.0 Å². The first kappa shape index (κ1) is 12.8. The number of benzene rings is 1. The van der Waals surface area contributed by atoms with Crippen molar-refractivity contribution in [3.63, 3.8) is 0 Å². The van der Waals surface area contributed by atoms with Crippen LogP contribution in [0.1, 0.15) is 10.5 Å². The number of hydrogen-bond acceptors (Lipinski definition) is 3. The molecule has 100 valence electrons. The average molecular weight is 335 g/mol. The van der Waals surface area contributed by atoms with Gasteiger partial charge in [-0.25, -0.2) is 4.39 Å². The van der Waals surface area contributed by atoms with Crippen molar-refractivity contribution >= 4 is 27.9 Å². The molecule has 20 heavy (non-hydrogen) atoms. The van der Waals surface area contributed by atoms with E-state index in [1.807, 2.05) is 0 Å². The van der Waals surface area contributed by atoms with Gasteiger partial charge in [0, 0.05) is 12.3 Å². The molecule has 1 aromatic carbocycles. The molecule has 0 amide bonds. The first-order valence-corrected chi connectivity index (χ1v) is 6.53. The minimum Gasteiger partial charge on any atom is -0.436 e. The third kappa shape index (κ3) is 2.18. The molecule has 0 aliphatic rings. The first-order valence-electron chi connectivity index (χ1n) is 5.74. The lowest BCUT2D eigenvalue weighted by atomic mass is 10.3. The Kier molecular flexibility index (Phi) is 3.23. The highest BCUT2D eigenvalue weighted by atomic mass is 79.9. The predicted molar refractivity (Wildman–Crippen MR) is 74.8 cm³/mol. The average Bonchev–Trinajstić information content (AvgIpc) is 2.80. The van der Waals surface area contributed by atoms with E-state index in [2.05, 4.69) is 20.9 Å². The van der Waals surface area contributed by atoms with E-state index >= 15 is 0 Å². The van der Waals surface area contributed by atoms with E-state index in [0.717, 1.165) is 0 Å². The number of fused-ring (bicyclic) bond motifs is 1. The smallest absolute Gasteiger partial charge is 0.249 e. The SMILES string of the molecule is O=Cc1c(Oc2cc(F)ccc2Br)nc2ccccn12. The Morgan fingerprint density at radius 2 is 2.15 bits per heavy atom. The van der Waals surface area contributed by atoms with E-state index in [4.69, 9.17) is 4.74 Å². The molecule has 0 radical (unpaired) electrons. The normalized spacial score (nSPS) is 10.7. The molecule has 3 rings (SSSR count). The lowest BCUT2D eigenvalue weighted by molar-refractivity contribution is 0.111. The minimum absolute atomic E-state index is 0.137. The number of pyridine rings is 1. The molecule has 2 aromatic heterocycles. The number of rotatable bonds is 3. The van der Waals surface area contributed by atoms with Crippen LogP contribution in [0.15, 0.2) is 47.1 Å². The molecule has 3 aromatic rings. The maximum atomic E-state index is 13.2. The summed E-state index contributed by atoms with van der Waals surface area (Å²) in [5.74, 6) is -0.0337. The van der Waals surface area contributed by atoms with Gasteiger partial charge in [0.1, 0.15) is 17.2 Å². The van der Waals surface area contributed by atoms with Crippen LogP contribution in [0.3, 0.4) is 0 Å². The van der Waals surface area contributed by atoms with Crippen LogP contribution in [0, 0.1) is 5.82 Å². The molecule has 0 aliphatic heterocycles. The maximum Gasteiger partial charge on any atom is 0.249 e. The molecule has 4 nitrogen and oxygen atoms in total. The largest absolute Gasteiger partial charge is 0.436 e. The van der Waals surface area contributed by atoms with E-state index < -0.39 is 5.82 Å². The molecular formula is C14H8BrFN2O2. The summed E-state index contributed by atoms with van der Waals surface area (Å²) in [6.07, 6.45) is 2.36. The Morgan fingerprint density at radius 1 is 1.30 bits per heavy atom. The van der Waals surface area contributed by atoms with Crippen molar-refractivity contribution in [2.45, 2.75) is 0 Å². The van der Waals surface area contributed by atoms with E-state index in [1.165, 1.54) is 18.2 Å². The lowest BCUT2D eigenvalue weighted by Crippen LogP contribution is -1.93. The second-order valence-electron chi connectivity index (χ2n) is 4.03. The van der Waals surface area contributed by atoms with Crippen molar-refractivity contribution < 1.29 is 13.9 Å². The minimum atomic E-state index is -0.431. The number of aldehydes is 1. The molecule has 0 unspecified atom stereocenters. The van der Waals surface area contributed by atoms with E-state index in [0.29, 0.717) is 16.4 Å². The Labute approximate surface area is 121 Å². The molecule has 0 saturated carbocycles. The van der Waals surface area contributed by atoms with E-state index in [-0.39, 0.29) is 17.3 Å². The van der Waals surface area contributed by atoms with Gasteiger partial charge in [-0.3, -0.25) is 9.20 Å². The highest BCUT2D eigenvalue weighted by molar-refractivity contribution is 9.10. The van der Waals surface area contributed by atoms with Crippen LogP contribution >= 0.6 is 15.9 Å². The molecule has 0 N–H and O–H groups in total. The van der Waals surface area contributed by atoms with Gasteiger partial charge >= 0.3 is 0 Å². The Balaban J connectivity index is 2.10. The third-order valence-electron chi connectivity index (χ3n) is 2.74. The molecule has 0 spiro atoms. The summed E-state index contributed by atoms with van der Waals surface area (Å²) < 4.78 is 21.0. The Morgan fingerprint density at radius 3 is 2.95 bits per heavy atom. The van der Waals surface area contributed by atoms with Crippen LogP contribution in [-0.2, 0) is 0 Å². The zero-order valence-electron chi connectivity index (χ0n) is 10.1. The standard InChI is InChI=1S/C14H8BrFN2O2/c15-10-5-4-9(16)7-12(10)20-14-11(8-19)18-6-2-1-3-13(18)17-14/h1-8H. The number of imidazole rings is 1. The van der Waals surface area contributed by atoms with Gasteiger partial charge in [0.05, 0.1) is 4.47 Å². The van der Waals surface area contributed by atoms with Crippen molar-refractivity contribution in [3.8, 4) is 11.6 Å². The number of nitrogens with zero attached hydrogens (tertiary/aromatic N) is 2. The number of ether oxygens (including phenoxy) is 1. The summed E-state index contributed by atoms with van der Waals surface area (Å²) >= 11 is 3.26. The van der Waals surface area contributed by atoms with Crippen LogP contribution in [0.4, 0.5) is 4.39 Å². The van der Waals surface area contributed by atoms with Gasteiger partial charge < -0.3 is 4.74 Å². The maximum absolute atomic E-state index is 13.2. The summed E-state index contributed by atoms with van der Waals surface area (Å²) in [6.45, 7) is 0. The number of carbonyl (C=O) groups excluding carboxylic acids is 1. The summed E-state index contributed by atoms with van der Waals surface area (Å²) in [6, 6.07) is 9.40. The third-order valence-corrected chi connectivity index (χ3v) is 3.40. The predicted octanol–water partition coefficient (Wildman–Crippen LogP) is 3.84. The number of hydrogen-bond donors (Lipinski definition) is 0. The molecular weight excluding hydrogens is 327 g/mol. The first-order chi connectivity index (χ1) is 9.69. The second-order valence-corrected chi connectivity index (χ2v) is 4.88. The highest BCUT2D eigenvalue weighted by Gasteiger charge is 2.15. The summed E-state index contributed by atoms with van der Waals surface area (Å²) in [5.41, 5.74) is 0.855. The van der Waals surface area contributed by atoms with Crippen molar-refractivity contribution in [1.29, 1.82) is 0 Å². The van der Waals surface area contributed by atoms with Crippen molar-refractivity contribution in [3.05, 3.63) is 58.6 Å². The van der Waals surface area contributed by atoms with Crippen molar-refractivity contribution in [1.82, 2.24) is 9.38 Å². The monoisotopic (exact) mass is 334 g/mol. The highest BCUT2D eigenvalue weighted by Crippen LogP contribution is 2.31. The molecule has 0 saturated heterocycles. The number of aromatic nitrogens is 2. The molecule has 2 heterocycles. The zero-order valence-corrected chi connectivity index (χ0v) is 11.7. The van der Waals surface area contributed by atoms with Gasteiger partial charge in [-0.1, -0.05) is 6.07 Å². The van der Waals surface area contributed by atoms with Gasteiger partial charge in [-0.15, -0.1) is 0 Å². The number of carbonyl (C=O) groups is 1. The molecule has 0 bridgehead atoms. The van der Waals surface area contributed by atoms with Gasteiger partial charge in [-0.05, 0) is 40.2 Å². The fourth-order valence-corrected chi connectivity index (χ4v) is 2.16. The fraction of sp³-hybridized carbons (Fsp3) is 0. The van der Waals surface area contributed by atoms with Crippen LogP contribution in [-0.4, -0.2) is 15.7 Å². The van der Waals surface area contributed by atoms with Gasteiger partial charge in [-0.2, -0.15) is 4.98 Å². The van der Waals surface area contributed by atoms with E-state index in [1.54, 1.807) is 28.8 Å². The fourth-order valence-electron chi connectivity index (χ4n) is 1.84. The van der Waals surface area contributed by atoms with E-state index in [9.17, 15) is 9.18 Å². The van der Waals surface area contributed by atoms with Crippen molar-refractivity contribution in [2.75, 3.05) is 0 Å². The quantitative estimate of drug-likeness (QED) is 0.683. The molecule has 0 fully saturated rings. The zero-order chi connectivity index (χ0) is 14.1. The number of halogens is 2. The van der Waals surface area contributed by atoms with Crippen LogP contribution < -0.4 is 4.74 Å². The topological polar surface area (TPSA) is 43.6 Å². The van der Waals surface area contributed by atoms with Crippen LogP contribution in [0.25, 0.3) is 5.65 Å². The van der Waals surface area contributed by atoms with Crippen LogP contribution in [0.5, 0.6) is 11.6 Å². The summed E-state index contributed by atoms with van der Waals surface area (Å²) in [5, 5.41) is 0. The lowest BCUT2D eigenvalue weighted by Gasteiger charge is -2.05.